The average molecular weight is 353 g/mol. The summed E-state index contributed by atoms with van der Waals surface area (Å²) in [5, 5.41) is 16.4. The van der Waals surface area contributed by atoms with Gasteiger partial charge in [-0.2, -0.15) is 10.4 Å². The molecule has 1 fully saturated rings. The molecule has 136 valence electrons. The summed E-state index contributed by atoms with van der Waals surface area (Å²) in [7, 11) is 1.63. The van der Waals surface area contributed by atoms with E-state index in [1.54, 1.807) is 22.9 Å². The van der Waals surface area contributed by atoms with E-state index in [4.69, 9.17) is 10.00 Å². The van der Waals surface area contributed by atoms with Crippen LogP contribution in [0.1, 0.15) is 31.4 Å². The molecule has 0 unspecified atom stereocenters. The second-order valence-corrected chi connectivity index (χ2v) is 6.45. The lowest BCUT2D eigenvalue weighted by Gasteiger charge is -2.30. The van der Waals surface area contributed by atoms with Gasteiger partial charge in [-0.15, -0.1) is 0 Å². The second-order valence-electron chi connectivity index (χ2n) is 6.45. The van der Waals surface area contributed by atoms with Crippen molar-refractivity contribution in [2.45, 2.75) is 25.8 Å². The highest BCUT2D eigenvalue weighted by Gasteiger charge is 2.24. The second kappa shape index (κ2) is 7.91. The van der Waals surface area contributed by atoms with Gasteiger partial charge in [0.15, 0.2) is 0 Å². The van der Waals surface area contributed by atoms with Crippen LogP contribution in [0.2, 0.25) is 0 Å². The van der Waals surface area contributed by atoms with Gasteiger partial charge in [-0.25, -0.2) is 9.48 Å². The van der Waals surface area contributed by atoms with E-state index in [2.05, 4.69) is 16.5 Å². The maximum absolute atomic E-state index is 12.4. The molecule has 1 aliphatic rings. The van der Waals surface area contributed by atoms with Crippen LogP contribution in [-0.4, -0.2) is 40.9 Å². The molecule has 2 heterocycles. The number of nitrogens with zero attached hydrogens (tertiary/aromatic N) is 4. The summed E-state index contributed by atoms with van der Waals surface area (Å²) in [6, 6.07) is 9.66. The van der Waals surface area contributed by atoms with Crippen LogP contribution in [-0.2, 0) is 0 Å². The Morgan fingerprint density at radius 2 is 2.12 bits per heavy atom. The van der Waals surface area contributed by atoms with Crippen molar-refractivity contribution in [1.29, 1.82) is 5.26 Å². The first kappa shape index (κ1) is 17.8. The van der Waals surface area contributed by atoms with Gasteiger partial charge >= 0.3 is 6.03 Å². The van der Waals surface area contributed by atoms with E-state index >= 15 is 0 Å². The summed E-state index contributed by atoms with van der Waals surface area (Å²) in [6.07, 6.45) is 5.12. The standard InChI is InChI=1S/C19H23N5O2/c1-14(22-19(25)23-9-7-15(11-20)8-10-23)16-12-21-24(13-16)17-5-3-4-6-18(17)26-2/h3-6,12-15H,7-10H2,1-2H3,(H,22,25)/t14-/m1/s1. The van der Waals surface area contributed by atoms with Crippen LogP contribution in [0.3, 0.4) is 0 Å². The van der Waals surface area contributed by atoms with Crippen LogP contribution < -0.4 is 10.1 Å². The summed E-state index contributed by atoms with van der Waals surface area (Å²) in [5.74, 6) is 0.801. The third-order valence-electron chi connectivity index (χ3n) is 4.74. The summed E-state index contributed by atoms with van der Waals surface area (Å²) in [4.78, 5) is 14.2. The number of nitriles is 1. The first-order valence-corrected chi connectivity index (χ1v) is 8.75. The Labute approximate surface area is 153 Å². The molecule has 7 nitrogen and oxygen atoms in total. The van der Waals surface area contributed by atoms with Crippen LogP contribution in [0.5, 0.6) is 5.75 Å². The highest BCUT2D eigenvalue weighted by Crippen LogP contribution is 2.23. The minimum absolute atomic E-state index is 0.0653. The van der Waals surface area contributed by atoms with Gasteiger partial charge in [0.25, 0.3) is 0 Å². The van der Waals surface area contributed by atoms with Crippen molar-refractivity contribution in [2.75, 3.05) is 20.2 Å². The molecular weight excluding hydrogens is 330 g/mol. The van der Waals surface area contributed by atoms with E-state index in [1.807, 2.05) is 37.4 Å². The number of benzene rings is 1. The Hall–Kier alpha value is -3.01. The molecule has 1 saturated heterocycles. The lowest BCUT2D eigenvalue weighted by molar-refractivity contribution is 0.176. The number of piperidine rings is 1. The monoisotopic (exact) mass is 353 g/mol. The van der Waals surface area contributed by atoms with E-state index in [1.165, 1.54) is 0 Å². The first-order valence-electron chi connectivity index (χ1n) is 8.75. The molecule has 1 aliphatic heterocycles. The third kappa shape index (κ3) is 3.80. The van der Waals surface area contributed by atoms with E-state index in [0.29, 0.717) is 13.1 Å². The number of hydrogen-bond acceptors (Lipinski definition) is 4. The smallest absolute Gasteiger partial charge is 0.317 e. The number of para-hydroxylation sites is 2. The van der Waals surface area contributed by atoms with Gasteiger partial charge in [0.05, 0.1) is 25.4 Å². The Morgan fingerprint density at radius 3 is 2.81 bits per heavy atom. The van der Waals surface area contributed by atoms with Crippen molar-refractivity contribution in [3.8, 4) is 17.5 Å². The Balaban J connectivity index is 1.64. The van der Waals surface area contributed by atoms with Crippen LogP contribution in [0.4, 0.5) is 4.79 Å². The van der Waals surface area contributed by atoms with Crippen LogP contribution in [0.25, 0.3) is 5.69 Å². The van der Waals surface area contributed by atoms with Crippen molar-refractivity contribution in [2.24, 2.45) is 5.92 Å². The topological polar surface area (TPSA) is 83.2 Å². The van der Waals surface area contributed by atoms with E-state index in [-0.39, 0.29) is 18.0 Å². The minimum atomic E-state index is -0.167. The highest BCUT2D eigenvalue weighted by molar-refractivity contribution is 5.74. The van der Waals surface area contributed by atoms with Gasteiger partial charge in [0.2, 0.25) is 0 Å². The van der Waals surface area contributed by atoms with Crippen LogP contribution in [0.15, 0.2) is 36.7 Å². The number of ether oxygens (including phenoxy) is 1. The maximum atomic E-state index is 12.4. The molecule has 7 heteroatoms. The van der Waals surface area contributed by atoms with Gasteiger partial charge < -0.3 is 15.0 Å². The quantitative estimate of drug-likeness (QED) is 0.916. The number of methoxy groups -OCH3 is 1. The predicted octanol–water partition coefficient (Wildman–Crippen LogP) is 2.89. The third-order valence-corrected chi connectivity index (χ3v) is 4.74. The molecule has 2 aromatic rings. The summed E-state index contributed by atoms with van der Waals surface area (Å²) in [5.41, 5.74) is 1.76. The number of likely N-dealkylation sites (tertiary alicyclic amines) is 1. The molecule has 0 saturated carbocycles. The number of carbonyl (C=O) groups is 1. The summed E-state index contributed by atoms with van der Waals surface area (Å²) in [6.45, 7) is 3.18. The number of aromatic nitrogens is 2. The largest absolute Gasteiger partial charge is 0.494 e. The van der Waals surface area contributed by atoms with E-state index in [9.17, 15) is 4.79 Å². The fraction of sp³-hybridized carbons (Fsp3) is 0.421. The molecule has 1 aromatic heterocycles. The highest BCUT2D eigenvalue weighted by atomic mass is 16.5. The van der Waals surface area contributed by atoms with Gasteiger partial charge in [0, 0.05) is 30.8 Å². The Bertz CT molecular complexity index is 802. The van der Waals surface area contributed by atoms with Gasteiger partial charge in [-0.3, -0.25) is 0 Å². The van der Waals surface area contributed by atoms with Crippen molar-refractivity contribution < 1.29 is 9.53 Å². The van der Waals surface area contributed by atoms with Gasteiger partial charge in [-0.1, -0.05) is 12.1 Å². The zero-order valence-corrected chi connectivity index (χ0v) is 15.1. The Morgan fingerprint density at radius 1 is 1.38 bits per heavy atom. The van der Waals surface area contributed by atoms with E-state index < -0.39 is 0 Å². The lowest BCUT2D eigenvalue weighted by atomic mass is 9.99. The molecule has 0 aliphatic carbocycles. The lowest BCUT2D eigenvalue weighted by Crippen LogP contribution is -2.45. The number of hydrogen-bond donors (Lipinski definition) is 1. The van der Waals surface area contributed by atoms with Gasteiger partial charge in [0.1, 0.15) is 11.4 Å². The van der Waals surface area contributed by atoms with Crippen LogP contribution in [0, 0.1) is 17.2 Å². The molecular formula is C19H23N5O2. The molecule has 0 spiro atoms. The first-order chi connectivity index (χ1) is 12.6. The molecule has 0 bridgehead atoms. The molecule has 2 amide bonds. The SMILES string of the molecule is COc1ccccc1-n1cc([C@@H](C)NC(=O)N2CCC(C#N)CC2)cn1. The molecule has 1 N–H and O–H groups in total. The Kier molecular flexibility index (Phi) is 5.42. The minimum Gasteiger partial charge on any atom is -0.494 e. The molecule has 0 radical (unpaired) electrons. The fourth-order valence-electron chi connectivity index (χ4n) is 3.08. The molecule has 1 atom stereocenters. The molecule has 26 heavy (non-hydrogen) atoms. The predicted molar refractivity (Wildman–Crippen MR) is 97.0 cm³/mol. The summed E-state index contributed by atoms with van der Waals surface area (Å²) < 4.78 is 7.12. The van der Waals surface area contributed by atoms with Crippen molar-refractivity contribution >= 4 is 6.03 Å². The number of urea groups is 1. The van der Waals surface area contributed by atoms with Crippen molar-refractivity contribution in [3.05, 3.63) is 42.2 Å². The molecule has 1 aromatic carbocycles. The zero-order valence-electron chi connectivity index (χ0n) is 15.1. The van der Waals surface area contributed by atoms with Gasteiger partial charge in [-0.05, 0) is 31.9 Å². The van der Waals surface area contributed by atoms with E-state index in [0.717, 1.165) is 29.8 Å². The van der Waals surface area contributed by atoms with Crippen molar-refractivity contribution in [1.82, 2.24) is 20.0 Å². The van der Waals surface area contributed by atoms with Crippen molar-refractivity contribution in [3.63, 3.8) is 0 Å². The number of amides is 2. The average Bonchev–Trinajstić information content (AvgIpc) is 3.18. The summed E-state index contributed by atoms with van der Waals surface area (Å²) >= 11 is 0. The molecule has 3 rings (SSSR count). The zero-order chi connectivity index (χ0) is 18.5. The number of nitrogens with one attached hydrogen (secondary N) is 1. The van der Waals surface area contributed by atoms with Crippen LogP contribution >= 0.6 is 0 Å². The number of carbonyl (C=O) groups excluding carboxylic acids is 1. The number of rotatable bonds is 4. The normalized spacial score (nSPS) is 16.0. The maximum Gasteiger partial charge on any atom is 0.317 e. The fourth-order valence-corrected chi connectivity index (χ4v) is 3.08.